The average Bonchev–Trinajstić information content (AvgIpc) is 2.68. The molecule has 1 saturated heterocycles. The zero-order chi connectivity index (χ0) is 16.3. The van der Waals surface area contributed by atoms with Gasteiger partial charge in [-0.05, 0) is 19.9 Å². The van der Waals surface area contributed by atoms with E-state index in [2.05, 4.69) is 5.32 Å². The van der Waals surface area contributed by atoms with Gasteiger partial charge in [-0.1, -0.05) is 0 Å². The number of hydrogen-bond acceptors (Lipinski definition) is 3. The molecule has 1 unspecified atom stereocenters. The monoisotopic (exact) mass is 317 g/mol. The predicted molar refractivity (Wildman–Crippen MR) is 78.5 cm³/mol. The fourth-order valence-corrected chi connectivity index (χ4v) is 3.29. The van der Waals surface area contributed by atoms with Crippen molar-refractivity contribution in [2.24, 2.45) is 11.8 Å². The molecule has 0 radical (unpaired) electrons. The van der Waals surface area contributed by atoms with Gasteiger partial charge < -0.3 is 15.1 Å². The quantitative estimate of drug-likeness (QED) is 0.825. The van der Waals surface area contributed by atoms with Gasteiger partial charge >= 0.3 is 0 Å². The van der Waals surface area contributed by atoms with E-state index in [9.17, 15) is 18.4 Å². The van der Waals surface area contributed by atoms with E-state index in [-0.39, 0.29) is 49.3 Å². The smallest absolute Gasteiger partial charge is 0.248 e. The van der Waals surface area contributed by atoms with Crippen LogP contribution in [0.2, 0.25) is 0 Å². The molecular weight excluding hydrogens is 292 g/mol. The maximum atomic E-state index is 13.2. The number of nitrogens with one attached hydrogen (secondary N) is 1. The van der Waals surface area contributed by atoms with Gasteiger partial charge in [-0.2, -0.15) is 0 Å². The zero-order valence-electron chi connectivity index (χ0n) is 13.3. The summed E-state index contributed by atoms with van der Waals surface area (Å²) in [5, 5.41) is 2.63. The molecule has 1 aliphatic carbocycles. The van der Waals surface area contributed by atoms with E-state index in [1.54, 1.807) is 11.9 Å². The molecule has 0 aromatic rings. The van der Waals surface area contributed by atoms with Crippen LogP contribution in [0.25, 0.3) is 0 Å². The Morgan fingerprint density at radius 1 is 1.09 bits per heavy atom. The molecule has 2 rings (SSSR count). The molecule has 0 aromatic heterocycles. The van der Waals surface area contributed by atoms with E-state index in [1.807, 2.05) is 11.9 Å². The van der Waals surface area contributed by atoms with E-state index in [0.717, 1.165) is 0 Å². The summed E-state index contributed by atoms with van der Waals surface area (Å²) < 4.78 is 26.5. The molecule has 22 heavy (non-hydrogen) atoms. The summed E-state index contributed by atoms with van der Waals surface area (Å²) in [5.41, 5.74) is 0. The van der Waals surface area contributed by atoms with Crippen LogP contribution in [0, 0.1) is 11.8 Å². The normalized spacial score (nSPS) is 27.3. The zero-order valence-corrected chi connectivity index (χ0v) is 13.3. The first-order valence-electron chi connectivity index (χ1n) is 7.89. The number of alkyl halides is 2. The Kier molecular flexibility index (Phi) is 5.36. The molecule has 2 fully saturated rings. The summed E-state index contributed by atoms with van der Waals surface area (Å²) in [6, 6.07) is 0. The van der Waals surface area contributed by atoms with Gasteiger partial charge in [0.2, 0.25) is 17.7 Å². The van der Waals surface area contributed by atoms with Crippen LogP contribution in [0.5, 0.6) is 0 Å². The highest BCUT2D eigenvalue weighted by molar-refractivity contribution is 5.82. The number of nitrogens with zero attached hydrogens (tertiary/aromatic N) is 2. The minimum atomic E-state index is -2.62. The number of carbonyl (C=O) groups excluding carboxylic acids is 2. The van der Waals surface area contributed by atoms with Crippen molar-refractivity contribution in [1.82, 2.24) is 15.1 Å². The van der Waals surface area contributed by atoms with Gasteiger partial charge in [-0.3, -0.25) is 9.59 Å². The standard InChI is InChI=1S/C15H25F2N3O2/c1-18-13(21)12-9-19(2)7-8-20(10-12)14(22)11-3-5-15(16,17)6-4-11/h11-12H,3-10H2,1-2H3,(H,18,21). The fraction of sp³-hybridized carbons (Fsp3) is 0.867. The van der Waals surface area contributed by atoms with Crippen molar-refractivity contribution >= 4 is 11.8 Å². The third-order valence-corrected chi connectivity index (χ3v) is 4.72. The van der Waals surface area contributed by atoms with Crippen LogP contribution in [-0.2, 0) is 9.59 Å². The van der Waals surface area contributed by atoms with Crippen LogP contribution in [0.15, 0.2) is 0 Å². The SMILES string of the molecule is CNC(=O)C1CN(C)CCN(C(=O)C2CCC(F)(F)CC2)C1. The second-order valence-corrected chi connectivity index (χ2v) is 6.49. The van der Waals surface area contributed by atoms with Crippen LogP contribution in [0.1, 0.15) is 25.7 Å². The summed E-state index contributed by atoms with van der Waals surface area (Å²) in [4.78, 5) is 28.3. The van der Waals surface area contributed by atoms with Crippen LogP contribution >= 0.6 is 0 Å². The van der Waals surface area contributed by atoms with Crippen LogP contribution in [0.3, 0.4) is 0 Å². The first-order chi connectivity index (χ1) is 10.3. The summed E-state index contributed by atoms with van der Waals surface area (Å²) in [5.74, 6) is -3.37. The molecule has 0 bridgehead atoms. The van der Waals surface area contributed by atoms with Crippen LogP contribution in [0.4, 0.5) is 8.78 Å². The third kappa shape index (κ3) is 4.15. The Balaban J connectivity index is 2.00. The van der Waals surface area contributed by atoms with Gasteiger partial charge in [0.1, 0.15) is 0 Å². The number of amides is 2. The maximum absolute atomic E-state index is 13.2. The first kappa shape index (κ1) is 17.1. The molecule has 1 atom stereocenters. The molecule has 1 N–H and O–H groups in total. The maximum Gasteiger partial charge on any atom is 0.248 e. The molecule has 2 amide bonds. The summed E-state index contributed by atoms with van der Waals surface area (Å²) in [7, 11) is 3.51. The van der Waals surface area contributed by atoms with Crippen LogP contribution < -0.4 is 5.32 Å². The Morgan fingerprint density at radius 2 is 1.73 bits per heavy atom. The molecule has 7 heteroatoms. The molecule has 0 aromatic carbocycles. The topological polar surface area (TPSA) is 52.7 Å². The molecule has 1 aliphatic heterocycles. The minimum Gasteiger partial charge on any atom is -0.359 e. The predicted octanol–water partition coefficient (Wildman–Crippen LogP) is 0.948. The van der Waals surface area contributed by atoms with Crippen molar-refractivity contribution in [3.63, 3.8) is 0 Å². The van der Waals surface area contributed by atoms with Crippen molar-refractivity contribution in [2.75, 3.05) is 40.3 Å². The van der Waals surface area contributed by atoms with Crippen molar-refractivity contribution in [3.05, 3.63) is 0 Å². The van der Waals surface area contributed by atoms with Crippen molar-refractivity contribution < 1.29 is 18.4 Å². The van der Waals surface area contributed by atoms with Gasteiger partial charge in [0.25, 0.3) is 0 Å². The number of carbonyl (C=O) groups is 2. The van der Waals surface area contributed by atoms with Gasteiger partial charge in [-0.25, -0.2) is 8.78 Å². The number of rotatable bonds is 2. The molecule has 1 heterocycles. The number of likely N-dealkylation sites (N-methyl/N-ethyl adjacent to an activating group) is 1. The molecule has 1 saturated carbocycles. The lowest BCUT2D eigenvalue weighted by atomic mass is 9.85. The average molecular weight is 317 g/mol. The Morgan fingerprint density at radius 3 is 2.32 bits per heavy atom. The summed E-state index contributed by atoms with van der Waals surface area (Å²) in [6.07, 6.45) is 0.0532. The van der Waals surface area contributed by atoms with Crippen molar-refractivity contribution in [2.45, 2.75) is 31.6 Å². The van der Waals surface area contributed by atoms with E-state index in [1.165, 1.54) is 0 Å². The molecular formula is C15H25F2N3O2. The van der Waals surface area contributed by atoms with E-state index >= 15 is 0 Å². The molecule has 0 spiro atoms. The molecule has 2 aliphatic rings. The van der Waals surface area contributed by atoms with E-state index in [0.29, 0.717) is 26.2 Å². The lowest BCUT2D eigenvalue weighted by Gasteiger charge is -2.32. The van der Waals surface area contributed by atoms with Gasteiger partial charge in [0, 0.05) is 52.0 Å². The largest absolute Gasteiger partial charge is 0.359 e. The number of hydrogen-bond donors (Lipinski definition) is 1. The lowest BCUT2D eigenvalue weighted by molar-refractivity contribution is -0.140. The van der Waals surface area contributed by atoms with Gasteiger partial charge in [-0.15, -0.1) is 0 Å². The van der Waals surface area contributed by atoms with Crippen molar-refractivity contribution in [3.8, 4) is 0 Å². The first-order valence-corrected chi connectivity index (χ1v) is 7.89. The highest BCUT2D eigenvalue weighted by Crippen LogP contribution is 2.37. The van der Waals surface area contributed by atoms with Gasteiger partial charge in [0.05, 0.1) is 5.92 Å². The number of halogens is 2. The Labute approximate surface area is 130 Å². The third-order valence-electron chi connectivity index (χ3n) is 4.72. The Bertz CT molecular complexity index is 421. The highest BCUT2D eigenvalue weighted by atomic mass is 19.3. The van der Waals surface area contributed by atoms with Crippen molar-refractivity contribution in [1.29, 1.82) is 0 Å². The lowest BCUT2D eigenvalue weighted by Crippen LogP contribution is -2.44. The molecule has 5 nitrogen and oxygen atoms in total. The summed E-state index contributed by atoms with van der Waals surface area (Å²) >= 11 is 0. The van der Waals surface area contributed by atoms with E-state index in [4.69, 9.17) is 0 Å². The Hall–Kier alpha value is -1.24. The summed E-state index contributed by atoms with van der Waals surface area (Å²) in [6.45, 7) is 2.22. The second kappa shape index (κ2) is 6.89. The highest BCUT2D eigenvalue weighted by Gasteiger charge is 2.39. The van der Waals surface area contributed by atoms with E-state index < -0.39 is 5.92 Å². The minimum absolute atomic E-state index is 0.0697. The fourth-order valence-electron chi connectivity index (χ4n) is 3.29. The molecule has 126 valence electrons. The second-order valence-electron chi connectivity index (χ2n) is 6.49. The van der Waals surface area contributed by atoms with Gasteiger partial charge in [0.15, 0.2) is 0 Å². The van der Waals surface area contributed by atoms with Crippen LogP contribution in [-0.4, -0.2) is 67.8 Å².